The van der Waals surface area contributed by atoms with Crippen LogP contribution in [-0.4, -0.2) is 45.4 Å². The molecule has 0 saturated carbocycles. The number of nitrogens with zero attached hydrogens (tertiary/aromatic N) is 5. The minimum Gasteiger partial charge on any atom is -0.370 e. The van der Waals surface area contributed by atoms with Crippen molar-refractivity contribution in [3.05, 3.63) is 64.1 Å². The van der Waals surface area contributed by atoms with Gasteiger partial charge in [-0.15, -0.1) is 0 Å². The lowest BCUT2D eigenvalue weighted by molar-refractivity contribution is -0.133. The number of rotatable bonds is 5. The molecule has 10 heteroatoms. The number of hydrogen-bond donors (Lipinski definition) is 0. The maximum atomic E-state index is 13.0. The highest BCUT2D eigenvalue weighted by Crippen LogP contribution is 2.32. The van der Waals surface area contributed by atoms with E-state index >= 15 is 0 Å². The van der Waals surface area contributed by atoms with Crippen molar-refractivity contribution < 1.29 is 17.9 Å². The summed E-state index contributed by atoms with van der Waals surface area (Å²) in [4.78, 5) is 28.4. The Morgan fingerprint density at radius 3 is 2.74 bits per heavy atom. The van der Waals surface area contributed by atoms with Crippen molar-refractivity contribution in [2.24, 2.45) is 7.05 Å². The van der Waals surface area contributed by atoms with Crippen LogP contribution in [0.15, 0.2) is 35.8 Å². The molecule has 0 N–H and O–H groups in total. The molecular weight excluding hydrogens is 447 g/mol. The summed E-state index contributed by atoms with van der Waals surface area (Å²) in [5.74, 6) is 1.02. The van der Waals surface area contributed by atoms with Gasteiger partial charge in [-0.2, -0.15) is 13.2 Å². The smallest absolute Gasteiger partial charge is 0.370 e. The van der Waals surface area contributed by atoms with Crippen LogP contribution in [0.4, 0.5) is 19.0 Å². The molecule has 1 fully saturated rings. The van der Waals surface area contributed by atoms with Crippen LogP contribution in [-0.2, 0) is 11.8 Å². The van der Waals surface area contributed by atoms with Gasteiger partial charge in [-0.3, -0.25) is 14.3 Å². The molecule has 0 unspecified atom stereocenters. The molecule has 4 rings (SSSR count). The van der Waals surface area contributed by atoms with Crippen molar-refractivity contribution in [2.75, 3.05) is 24.6 Å². The quantitative estimate of drug-likeness (QED) is 0.551. The summed E-state index contributed by atoms with van der Waals surface area (Å²) in [7, 11) is 1.57. The summed E-state index contributed by atoms with van der Waals surface area (Å²) in [6.45, 7) is 8.92. The predicted molar refractivity (Wildman–Crippen MR) is 124 cm³/mol. The Bertz CT molecular complexity index is 1300. The third-order valence-electron chi connectivity index (χ3n) is 6.00. The van der Waals surface area contributed by atoms with E-state index in [2.05, 4.69) is 21.5 Å². The summed E-state index contributed by atoms with van der Waals surface area (Å²) < 4.78 is 46.0. The summed E-state index contributed by atoms with van der Waals surface area (Å²) in [6.07, 6.45) is -4.22. The molecule has 34 heavy (non-hydrogen) atoms. The summed E-state index contributed by atoms with van der Waals surface area (Å²) in [5.41, 5.74) is 2.19. The fourth-order valence-electron chi connectivity index (χ4n) is 4.04. The van der Waals surface area contributed by atoms with Crippen LogP contribution in [0, 0.1) is 13.8 Å². The van der Waals surface area contributed by atoms with E-state index in [1.807, 2.05) is 24.0 Å². The lowest BCUT2D eigenvalue weighted by atomic mass is 10.0. The zero-order chi connectivity index (χ0) is 24.6. The molecule has 7 nitrogen and oxygen atoms in total. The minimum absolute atomic E-state index is 0.154. The average Bonchev–Trinajstić information content (AvgIpc) is 2.80. The molecule has 1 aliphatic rings. The molecule has 0 spiro atoms. The van der Waals surface area contributed by atoms with E-state index in [0.29, 0.717) is 36.9 Å². The number of allylic oxidation sites excluding steroid dienone is 1. The van der Waals surface area contributed by atoms with Crippen LogP contribution >= 0.6 is 0 Å². The molecule has 3 aromatic rings. The largest absolute Gasteiger partial charge is 0.389 e. The third-order valence-corrected chi connectivity index (χ3v) is 6.00. The molecule has 0 aliphatic carbocycles. The maximum Gasteiger partial charge on any atom is 0.389 e. The molecule has 1 atom stereocenters. The summed E-state index contributed by atoms with van der Waals surface area (Å²) in [5, 5.41) is 0.179. The van der Waals surface area contributed by atoms with Crippen molar-refractivity contribution in [1.82, 2.24) is 19.5 Å². The molecule has 0 bridgehead atoms. The Hall–Kier alpha value is -3.27. The zero-order valence-electron chi connectivity index (χ0n) is 19.3. The predicted octanol–water partition coefficient (Wildman–Crippen LogP) is 4.27. The topological polar surface area (TPSA) is 73.1 Å². The molecule has 180 valence electrons. The number of aromatic nitrogens is 4. The van der Waals surface area contributed by atoms with Gasteiger partial charge in [0.25, 0.3) is 5.56 Å². The van der Waals surface area contributed by atoms with Crippen molar-refractivity contribution in [3.8, 4) is 0 Å². The first kappa shape index (κ1) is 23.9. The van der Waals surface area contributed by atoms with Crippen molar-refractivity contribution in [2.45, 2.75) is 39.0 Å². The van der Waals surface area contributed by atoms with E-state index in [4.69, 9.17) is 4.74 Å². The van der Waals surface area contributed by atoms with Gasteiger partial charge in [0.05, 0.1) is 23.2 Å². The second-order valence-corrected chi connectivity index (χ2v) is 8.50. The first-order valence-electron chi connectivity index (χ1n) is 11.0. The molecule has 0 amide bonds. The molecule has 1 saturated heterocycles. The van der Waals surface area contributed by atoms with E-state index in [-0.39, 0.29) is 34.7 Å². The van der Waals surface area contributed by atoms with Crippen LogP contribution in [0.5, 0.6) is 0 Å². The number of ether oxygens (including phenoxy) is 1. The van der Waals surface area contributed by atoms with Crippen LogP contribution in [0.2, 0.25) is 0 Å². The highest BCUT2D eigenvalue weighted by molar-refractivity contribution is 5.90. The van der Waals surface area contributed by atoms with Gasteiger partial charge in [-0.05, 0) is 43.5 Å². The normalized spacial score (nSPS) is 16.8. The lowest BCUT2D eigenvalue weighted by Crippen LogP contribution is -2.39. The number of anilines is 1. The van der Waals surface area contributed by atoms with E-state index in [1.165, 1.54) is 4.57 Å². The van der Waals surface area contributed by atoms with Gasteiger partial charge >= 0.3 is 6.18 Å². The second-order valence-electron chi connectivity index (χ2n) is 8.50. The number of alkyl halides is 3. The van der Waals surface area contributed by atoms with Crippen molar-refractivity contribution in [3.63, 3.8) is 0 Å². The second kappa shape index (κ2) is 9.17. The summed E-state index contributed by atoms with van der Waals surface area (Å²) >= 11 is 0. The van der Waals surface area contributed by atoms with E-state index in [9.17, 15) is 18.0 Å². The van der Waals surface area contributed by atoms with Gasteiger partial charge in [0.1, 0.15) is 17.7 Å². The summed E-state index contributed by atoms with van der Waals surface area (Å²) in [6, 6.07) is 5.57. The van der Waals surface area contributed by atoms with E-state index in [1.54, 1.807) is 26.2 Å². The first-order chi connectivity index (χ1) is 16.0. The first-order valence-corrected chi connectivity index (χ1v) is 11.0. The number of fused-ring (bicyclic) bond motifs is 1. The van der Waals surface area contributed by atoms with Crippen molar-refractivity contribution >= 4 is 22.3 Å². The molecule has 4 heterocycles. The van der Waals surface area contributed by atoms with E-state index < -0.39 is 12.6 Å². The number of pyridine rings is 2. The molecule has 1 aliphatic heterocycles. The Kier molecular flexibility index (Phi) is 6.44. The molecule has 0 radical (unpaired) electrons. The fourth-order valence-corrected chi connectivity index (χ4v) is 4.04. The molecule has 0 aromatic carbocycles. The standard InChI is InChI=1S/C24H26F3N5O2/c1-14(5-7-24(25,26)27)22-21-18(29-16(3)31(4)23(21)33)12-20(30-22)32-9-10-34-19(13-32)17-6-8-28-15(2)11-17/h6,8,11-12,19H,1,5,7,9-10,13H2,2-4H3/t19-/m0/s1. The highest BCUT2D eigenvalue weighted by atomic mass is 19.4. The minimum atomic E-state index is -4.34. The van der Waals surface area contributed by atoms with Gasteiger partial charge < -0.3 is 9.64 Å². The third kappa shape index (κ3) is 4.96. The van der Waals surface area contributed by atoms with Gasteiger partial charge in [0, 0.05) is 44.5 Å². The van der Waals surface area contributed by atoms with Gasteiger partial charge in [0.2, 0.25) is 0 Å². The fraction of sp³-hybridized carbons (Fsp3) is 0.417. The average molecular weight is 473 g/mol. The number of halogens is 3. The number of aryl methyl sites for hydroxylation is 2. The Balaban J connectivity index is 1.76. The number of hydrogen-bond acceptors (Lipinski definition) is 6. The van der Waals surface area contributed by atoms with Gasteiger partial charge in [-0.1, -0.05) is 6.58 Å². The Labute approximate surface area is 194 Å². The van der Waals surface area contributed by atoms with E-state index in [0.717, 1.165) is 11.3 Å². The molecule has 3 aromatic heterocycles. The zero-order valence-corrected chi connectivity index (χ0v) is 19.3. The van der Waals surface area contributed by atoms with Crippen LogP contribution < -0.4 is 10.5 Å². The Morgan fingerprint density at radius 1 is 1.26 bits per heavy atom. The number of morpholine rings is 1. The lowest BCUT2D eigenvalue weighted by Gasteiger charge is -2.34. The monoisotopic (exact) mass is 473 g/mol. The van der Waals surface area contributed by atoms with Crippen LogP contribution in [0.3, 0.4) is 0 Å². The maximum absolute atomic E-state index is 13.0. The van der Waals surface area contributed by atoms with Gasteiger partial charge in [0.15, 0.2) is 0 Å². The van der Waals surface area contributed by atoms with Crippen LogP contribution in [0.25, 0.3) is 16.5 Å². The van der Waals surface area contributed by atoms with Crippen LogP contribution in [0.1, 0.15) is 41.7 Å². The highest BCUT2D eigenvalue weighted by Gasteiger charge is 2.29. The molecular formula is C24H26F3N5O2. The Morgan fingerprint density at radius 2 is 2.03 bits per heavy atom. The van der Waals surface area contributed by atoms with Crippen molar-refractivity contribution in [1.29, 1.82) is 0 Å². The SMILES string of the molecule is C=C(CCC(F)(F)F)c1nc(N2CCO[C@H](c3ccnc(C)c3)C2)cc2nc(C)n(C)c(=O)c12. The van der Waals surface area contributed by atoms with Gasteiger partial charge in [-0.25, -0.2) is 9.97 Å².